The van der Waals surface area contributed by atoms with Crippen molar-refractivity contribution in [1.29, 1.82) is 0 Å². The molecular weight excluding hydrogens is 264 g/mol. The van der Waals surface area contributed by atoms with Gasteiger partial charge in [-0.15, -0.1) is 0 Å². The monoisotopic (exact) mass is 292 g/mol. The van der Waals surface area contributed by atoms with Crippen molar-refractivity contribution in [1.82, 2.24) is 0 Å². The molecule has 0 amide bonds. The maximum atomic E-state index is 11.8. The number of carbonyl (C=O) groups excluding carboxylic acids is 1. The Morgan fingerprint density at radius 3 is 2.38 bits per heavy atom. The van der Waals surface area contributed by atoms with Gasteiger partial charge in [0, 0.05) is 6.61 Å². The van der Waals surface area contributed by atoms with E-state index in [1.54, 1.807) is 0 Å². The Hall–Kier alpha value is -1.35. The second-order valence-corrected chi connectivity index (χ2v) is 5.69. The Labute approximate surface area is 128 Å². The van der Waals surface area contributed by atoms with Gasteiger partial charge >= 0.3 is 5.97 Å². The summed E-state index contributed by atoms with van der Waals surface area (Å²) in [6.45, 7) is 8.08. The number of carbonyl (C=O) groups is 1. The minimum atomic E-state index is -0.277. The molecule has 1 aromatic carbocycles. The van der Waals surface area contributed by atoms with Crippen LogP contribution in [0.15, 0.2) is 24.3 Å². The summed E-state index contributed by atoms with van der Waals surface area (Å²) in [5.74, 6) is 0.478. The van der Waals surface area contributed by atoms with E-state index in [0.717, 1.165) is 25.4 Å². The first-order valence-electron chi connectivity index (χ1n) is 7.97. The van der Waals surface area contributed by atoms with E-state index in [9.17, 15) is 4.79 Å². The Morgan fingerprint density at radius 1 is 1.05 bits per heavy atom. The van der Waals surface area contributed by atoms with Gasteiger partial charge in [-0.05, 0) is 36.5 Å². The number of aryl methyl sites for hydroxylation is 1. The van der Waals surface area contributed by atoms with Gasteiger partial charge in [0.15, 0.2) is 0 Å². The van der Waals surface area contributed by atoms with Crippen molar-refractivity contribution in [3.05, 3.63) is 35.4 Å². The van der Waals surface area contributed by atoms with Crippen molar-refractivity contribution in [2.75, 3.05) is 19.8 Å². The summed E-state index contributed by atoms with van der Waals surface area (Å²) in [5.41, 5.74) is 1.82. The Kier molecular flexibility index (Phi) is 8.76. The topological polar surface area (TPSA) is 35.5 Å². The highest BCUT2D eigenvalue weighted by molar-refractivity contribution is 5.89. The van der Waals surface area contributed by atoms with Crippen LogP contribution < -0.4 is 0 Å². The summed E-state index contributed by atoms with van der Waals surface area (Å²) in [6, 6.07) is 7.55. The SMILES string of the molecule is CCc1ccc(C(=O)OCCOCCCCC(C)C)cc1. The molecule has 0 atom stereocenters. The third-order valence-corrected chi connectivity index (χ3v) is 3.38. The van der Waals surface area contributed by atoms with Crippen molar-refractivity contribution in [2.45, 2.75) is 46.5 Å². The minimum absolute atomic E-state index is 0.277. The molecule has 0 bridgehead atoms. The molecule has 0 spiro atoms. The molecule has 3 nitrogen and oxygen atoms in total. The zero-order valence-electron chi connectivity index (χ0n) is 13.6. The van der Waals surface area contributed by atoms with E-state index in [-0.39, 0.29) is 5.97 Å². The minimum Gasteiger partial charge on any atom is -0.460 e. The van der Waals surface area contributed by atoms with E-state index in [1.165, 1.54) is 18.4 Å². The van der Waals surface area contributed by atoms with Crippen LogP contribution in [0, 0.1) is 5.92 Å². The summed E-state index contributed by atoms with van der Waals surface area (Å²) >= 11 is 0. The van der Waals surface area contributed by atoms with E-state index in [4.69, 9.17) is 9.47 Å². The fraction of sp³-hybridized carbons (Fsp3) is 0.611. The van der Waals surface area contributed by atoms with Crippen LogP contribution in [0.25, 0.3) is 0 Å². The van der Waals surface area contributed by atoms with Crippen LogP contribution in [0.4, 0.5) is 0 Å². The highest BCUT2D eigenvalue weighted by atomic mass is 16.6. The van der Waals surface area contributed by atoms with E-state index in [1.807, 2.05) is 24.3 Å². The lowest BCUT2D eigenvalue weighted by Gasteiger charge is -2.07. The molecule has 0 aliphatic heterocycles. The summed E-state index contributed by atoms with van der Waals surface area (Å²) in [5, 5.41) is 0. The average molecular weight is 292 g/mol. The molecule has 1 rings (SSSR count). The maximum absolute atomic E-state index is 11.8. The quantitative estimate of drug-likeness (QED) is 0.478. The van der Waals surface area contributed by atoms with Gasteiger partial charge in [0.05, 0.1) is 12.2 Å². The van der Waals surface area contributed by atoms with Gasteiger partial charge in [-0.25, -0.2) is 4.79 Å². The molecule has 118 valence electrons. The highest BCUT2D eigenvalue weighted by Crippen LogP contribution is 2.07. The molecule has 0 aliphatic rings. The number of ether oxygens (including phenoxy) is 2. The van der Waals surface area contributed by atoms with Crippen LogP contribution in [0.3, 0.4) is 0 Å². The molecule has 0 saturated heterocycles. The van der Waals surface area contributed by atoms with Gasteiger partial charge in [-0.2, -0.15) is 0 Å². The van der Waals surface area contributed by atoms with Gasteiger partial charge in [-0.3, -0.25) is 0 Å². The van der Waals surface area contributed by atoms with Crippen LogP contribution in [0.2, 0.25) is 0 Å². The average Bonchev–Trinajstić information content (AvgIpc) is 2.49. The van der Waals surface area contributed by atoms with Gasteiger partial charge in [-0.1, -0.05) is 45.7 Å². The fourth-order valence-electron chi connectivity index (χ4n) is 2.01. The van der Waals surface area contributed by atoms with Crippen LogP contribution in [0.5, 0.6) is 0 Å². The number of unbranched alkanes of at least 4 members (excludes halogenated alkanes) is 1. The van der Waals surface area contributed by atoms with Crippen LogP contribution >= 0.6 is 0 Å². The van der Waals surface area contributed by atoms with E-state index >= 15 is 0 Å². The predicted molar refractivity (Wildman–Crippen MR) is 85.6 cm³/mol. The lowest BCUT2D eigenvalue weighted by atomic mass is 10.1. The Balaban J connectivity index is 2.08. The molecule has 0 saturated carbocycles. The Bertz CT molecular complexity index is 395. The third kappa shape index (κ3) is 7.86. The van der Waals surface area contributed by atoms with Gasteiger partial charge in [0.25, 0.3) is 0 Å². The molecule has 3 heteroatoms. The standard InChI is InChI=1S/C18H28O3/c1-4-16-8-10-17(11-9-16)18(19)21-14-13-20-12-6-5-7-15(2)3/h8-11,15H,4-7,12-14H2,1-3H3. The molecular formula is C18H28O3. The first-order valence-corrected chi connectivity index (χ1v) is 7.97. The van der Waals surface area contributed by atoms with Gasteiger partial charge in [0.1, 0.15) is 6.61 Å². The van der Waals surface area contributed by atoms with E-state index in [2.05, 4.69) is 20.8 Å². The lowest BCUT2D eigenvalue weighted by molar-refractivity contribution is 0.0311. The van der Waals surface area contributed by atoms with Crippen molar-refractivity contribution >= 4 is 5.97 Å². The highest BCUT2D eigenvalue weighted by Gasteiger charge is 2.06. The molecule has 0 N–H and O–H groups in total. The summed E-state index contributed by atoms with van der Waals surface area (Å²) < 4.78 is 10.6. The van der Waals surface area contributed by atoms with Crippen molar-refractivity contribution in [2.24, 2.45) is 5.92 Å². The van der Waals surface area contributed by atoms with Crippen LogP contribution in [-0.2, 0) is 15.9 Å². The van der Waals surface area contributed by atoms with E-state index < -0.39 is 0 Å². The lowest BCUT2D eigenvalue weighted by Crippen LogP contribution is -2.11. The van der Waals surface area contributed by atoms with Gasteiger partial charge in [0.2, 0.25) is 0 Å². The number of benzene rings is 1. The molecule has 21 heavy (non-hydrogen) atoms. The summed E-state index contributed by atoms with van der Waals surface area (Å²) in [6.07, 6.45) is 4.48. The largest absolute Gasteiger partial charge is 0.460 e. The van der Waals surface area contributed by atoms with Crippen molar-refractivity contribution in [3.8, 4) is 0 Å². The number of rotatable bonds is 10. The predicted octanol–water partition coefficient (Wildman–Crippen LogP) is 4.25. The Morgan fingerprint density at radius 2 is 1.76 bits per heavy atom. The number of hydrogen-bond acceptors (Lipinski definition) is 3. The smallest absolute Gasteiger partial charge is 0.338 e. The zero-order valence-corrected chi connectivity index (χ0v) is 13.6. The molecule has 0 fully saturated rings. The molecule has 0 unspecified atom stereocenters. The first kappa shape index (κ1) is 17.7. The second kappa shape index (κ2) is 10.4. The summed E-state index contributed by atoms with van der Waals surface area (Å²) in [7, 11) is 0. The fourth-order valence-corrected chi connectivity index (χ4v) is 2.01. The normalized spacial score (nSPS) is 10.9. The van der Waals surface area contributed by atoms with Crippen LogP contribution in [0.1, 0.15) is 56.0 Å². The zero-order chi connectivity index (χ0) is 15.5. The second-order valence-electron chi connectivity index (χ2n) is 5.69. The maximum Gasteiger partial charge on any atom is 0.338 e. The van der Waals surface area contributed by atoms with Crippen molar-refractivity contribution < 1.29 is 14.3 Å². The molecule has 0 radical (unpaired) electrons. The number of hydrogen-bond donors (Lipinski definition) is 0. The van der Waals surface area contributed by atoms with Gasteiger partial charge < -0.3 is 9.47 Å². The molecule has 0 heterocycles. The number of esters is 1. The van der Waals surface area contributed by atoms with Crippen LogP contribution in [-0.4, -0.2) is 25.8 Å². The summed E-state index contributed by atoms with van der Waals surface area (Å²) in [4.78, 5) is 11.8. The molecule has 1 aromatic rings. The molecule has 0 aliphatic carbocycles. The first-order chi connectivity index (χ1) is 10.1. The third-order valence-electron chi connectivity index (χ3n) is 3.38. The van der Waals surface area contributed by atoms with Crippen molar-refractivity contribution in [3.63, 3.8) is 0 Å². The molecule has 0 aromatic heterocycles. The van der Waals surface area contributed by atoms with E-state index in [0.29, 0.717) is 18.8 Å².